The van der Waals surface area contributed by atoms with Crippen LogP contribution in [0.5, 0.6) is 11.5 Å². The maximum absolute atomic E-state index is 11.2. The van der Waals surface area contributed by atoms with Crippen LogP contribution >= 0.6 is 0 Å². The van der Waals surface area contributed by atoms with Gasteiger partial charge in [0.25, 0.3) is 0 Å². The predicted octanol–water partition coefficient (Wildman–Crippen LogP) is 2.84. The second-order valence-electron chi connectivity index (χ2n) is 4.53. The molecule has 2 rings (SSSR count). The van der Waals surface area contributed by atoms with Crippen LogP contribution in [0.2, 0.25) is 0 Å². The molecule has 0 aliphatic carbocycles. The maximum Gasteiger partial charge on any atom is 0.339 e. The lowest BCUT2D eigenvalue weighted by Gasteiger charge is -2.09. The van der Waals surface area contributed by atoms with Crippen LogP contribution in [0.1, 0.15) is 27.3 Å². The van der Waals surface area contributed by atoms with Gasteiger partial charge < -0.3 is 9.84 Å². The molecule has 1 aromatic heterocycles. The number of carboxylic acids is 1. The van der Waals surface area contributed by atoms with E-state index in [1.165, 1.54) is 0 Å². The maximum atomic E-state index is 11.2. The second kappa shape index (κ2) is 4.76. The number of aryl methyl sites for hydroxylation is 3. The Balaban J connectivity index is 2.46. The van der Waals surface area contributed by atoms with Crippen molar-refractivity contribution < 1.29 is 14.6 Å². The highest BCUT2D eigenvalue weighted by atomic mass is 16.5. The molecule has 0 fully saturated rings. The first-order valence-electron chi connectivity index (χ1n) is 5.92. The molecule has 0 bridgehead atoms. The number of benzene rings is 1. The Bertz CT molecular complexity index is 644. The van der Waals surface area contributed by atoms with Crippen molar-refractivity contribution >= 4 is 5.97 Å². The lowest BCUT2D eigenvalue weighted by molar-refractivity contribution is 0.0694. The van der Waals surface area contributed by atoms with E-state index >= 15 is 0 Å². The summed E-state index contributed by atoms with van der Waals surface area (Å²) in [7, 11) is 1.82. The van der Waals surface area contributed by atoms with E-state index in [1.54, 1.807) is 16.8 Å². The third-order valence-electron chi connectivity index (χ3n) is 3.02. The number of nitrogens with zero attached hydrogens (tertiary/aromatic N) is 2. The fourth-order valence-electron chi connectivity index (χ4n) is 1.91. The van der Waals surface area contributed by atoms with Gasteiger partial charge in [-0.25, -0.2) is 4.79 Å². The highest BCUT2D eigenvalue weighted by Crippen LogP contribution is 2.30. The van der Waals surface area contributed by atoms with Gasteiger partial charge in [0.05, 0.1) is 5.69 Å². The molecular formula is C14H16N2O3. The topological polar surface area (TPSA) is 64.4 Å². The highest BCUT2D eigenvalue weighted by molar-refractivity contribution is 5.91. The molecule has 19 heavy (non-hydrogen) atoms. The lowest BCUT2D eigenvalue weighted by atomic mass is 10.1. The summed E-state index contributed by atoms with van der Waals surface area (Å²) in [5.74, 6) is -0.0657. The van der Waals surface area contributed by atoms with Gasteiger partial charge in [0.1, 0.15) is 17.0 Å². The Morgan fingerprint density at radius 3 is 2.53 bits per heavy atom. The summed E-state index contributed by atoms with van der Waals surface area (Å²) in [6, 6.07) is 5.09. The zero-order valence-corrected chi connectivity index (χ0v) is 11.4. The van der Waals surface area contributed by atoms with Crippen LogP contribution in [0.4, 0.5) is 0 Å². The summed E-state index contributed by atoms with van der Waals surface area (Å²) in [6.07, 6.45) is 0. The van der Waals surface area contributed by atoms with E-state index in [0.29, 0.717) is 11.5 Å². The van der Waals surface area contributed by atoms with Crippen LogP contribution in [0.15, 0.2) is 18.2 Å². The van der Waals surface area contributed by atoms with E-state index in [4.69, 9.17) is 4.74 Å². The van der Waals surface area contributed by atoms with Gasteiger partial charge in [-0.1, -0.05) is 11.6 Å². The van der Waals surface area contributed by atoms with Gasteiger partial charge in [-0.3, -0.25) is 4.68 Å². The van der Waals surface area contributed by atoms with Crippen molar-refractivity contribution in [2.45, 2.75) is 20.8 Å². The number of rotatable bonds is 3. The average Bonchev–Trinajstić information content (AvgIpc) is 2.57. The molecule has 0 saturated carbocycles. The normalized spacial score (nSPS) is 10.5. The number of carbonyl (C=O) groups is 1. The molecule has 1 N–H and O–H groups in total. The summed E-state index contributed by atoms with van der Waals surface area (Å²) < 4.78 is 7.45. The average molecular weight is 260 g/mol. The van der Waals surface area contributed by atoms with Crippen molar-refractivity contribution in [2.75, 3.05) is 0 Å². The first kappa shape index (κ1) is 13.1. The summed E-state index contributed by atoms with van der Waals surface area (Å²) in [5, 5.41) is 13.5. The van der Waals surface area contributed by atoms with Gasteiger partial charge in [0, 0.05) is 7.05 Å². The van der Waals surface area contributed by atoms with E-state index in [-0.39, 0.29) is 5.56 Å². The molecule has 0 aliphatic heterocycles. The summed E-state index contributed by atoms with van der Waals surface area (Å²) >= 11 is 0. The van der Waals surface area contributed by atoms with Gasteiger partial charge in [-0.15, -0.1) is 0 Å². The molecule has 1 aromatic carbocycles. The summed E-state index contributed by atoms with van der Waals surface area (Å²) in [5.41, 5.74) is 2.62. The van der Waals surface area contributed by atoms with Crippen molar-refractivity contribution in [1.29, 1.82) is 0 Å². The Morgan fingerprint density at radius 1 is 1.32 bits per heavy atom. The van der Waals surface area contributed by atoms with E-state index in [2.05, 4.69) is 5.10 Å². The molecule has 0 spiro atoms. The van der Waals surface area contributed by atoms with Crippen LogP contribution in [0.25, 0.3) is 0 Å². The molecule has 0 aliphatic rings. The zero-order valence-electron chi connectivity index (χ0n) is 11.4. The smallest absolute Gasteiger partial charge is 0.339 e. The van der Waals surface area contributed by atoms with Crippen LogP contribution in [0, 0.1) is 20.8 Å². The minimum Gasteiger partial charge on any atom is -0.478 e. The largest absolute Gasteiger partial charge is 0.478 e. The monoisotopic (exact) mass is 260 g/mol. The molecular weight excluding hydrogens is 244 g/mol. The lowest BCUT2D eigenvalue weighted by Crippen LogP contribution is -2.01. The number of aromatic carboxylic acids is 1. The number of ether oxygens (including phenoxy) is 1. The molecule has 0 unspecified atom stereocenters. The molecule has 5 heteroatoms. The predicted molar refractivity (Wildman–Crippen MR) is 70.9 cm³/mol. The minimum atomic E-state index is -1.00. The minimum absolute atomic E-state index is 0.155. The van der Waals surface area contributed by atoms with Crippen molar-refractivity contribution in [2.24, 2.45) is 7.05 Å². The van der Waals surface area contributed by atoms with Crippen molar-refractivity contribution in [3.05, 3.63) is 40.7 Å². The van der Waals surface area contributed by atoms with Gasteiger partial charge in [-0.2, -0.15) is 5.10 Å². The second-order valence-corrected chi connectivity index (χ2v) is 4.53. The number of hydrogen-bond donors (Lipinski definition) is 1. The Morgan fingerprint density at radius 2 is 2.00 bits per heavy atom. The van der Waals surface area contributed by atoms with Gasteiger partial charge in [-0.05, 0) is 32.9 Å². The molecule has 1 heterocycles. The highest BCUT2D eigenvalue weighted by Gasteiger charge is 2.16. The first-order valence-corrected chi connectivity index (χ1v) is 5.92. The van der Waals surface area contributed by atoms with Crippen molar-refractivity contribution in [3.8, 4) is 11.5 Å². The molecule has 0 radical (unpaired) electrons. The SMILES string of the molecule is Cc1ccc(Oc2c(C)nn(C)c2C)c(C(=O)O)c1. The molecule has 0 saturated heterocycles. The molecule has 100 valence electrons. The van der Waals surface area contributed by atoms with Crippen LogP contribution < -0.4 is 4.74 Å². The number of carboxylic acid groups (broad SMARTS) is 1. The van der Waals surface area contributed by atoms with Crippen LogP contribution in [-0.4, -0.2) is 20.9 Å². The number of hydrogen-bond acceptors (Lipinski definition) is 3. The zero-order chi connectivity index (χ0) is 14.2. The number of aromatic nitrogens is 2. The first-order chi connectivity index (χ1) is 8.90. The standard InChI is InChI=1S/C14H16N2O3/c1-8-5-6-12(11(7-8)14(17)18)19-13-9(2)15-16(4)10(13)3/h5-7H,1-4H3,(H,17,18). The van der Waals surface area contributed by atoms with Crippen molar-refractivity contribution in [1.82, 2.24) is 9.78 Å². The Kier molecular flexibility index (Phi) is 3.29. The fraction of sp³-hybridized carbons (Fsp3) is 0.286. The van der Waals surface area contributed by atoms with Crippen molar-refractivity contribution in [3.63, 3.8) is 0 Å². The molecule has 2 aromatic rings. The fourth-order valence-corrected chi connectivity index (χ4v) is 1.91. The Hall–Kier alpha value is -2.30. The third kappa shape index (κ3) is 2.45. The summed E-state index contributed by atoms with van der Waals surface area (Å²) in [4.78, 5) is 11.2. The molecule has 0 atom stereocenters. The molecule has 0 amide bonds. The quantitative estimate of drug-likeness (QED) is 0.921. The summed E-state index contributed by atoms with van der Waals surface area (Å²) in [6.45, 7) is 5.55. The van der Waals surface area contributed by atoms with E-state index < -0.39 is 5.97 Å². The van der Waals surface area contributed by atoms with Gasteiger partial charge in [0.2, 0.25) is 0 Å². The van der Waals surface area contributed by atoms with E-state index in [1.807, 2.05) is 33.9 Å². The van der Waals surface area contributed by atoms with Crippen LogP contribution in [-0.2, 0) is 7.05 Å². The third-order valence-corrected chi connectivity index (χ3v) is 3.02. The van der Waals surface area contributed by atoms with Gasteiger partial charge in [0.15, 0.2) is 5.75 Å². The van der Waals surface area contributed by atoms with Gasteiger partial charge >= 0.3 is 5.97 Å². The Labute approximate surface area is 111 Å². The van der Waals surface area contributed by atoms with Crippen LogP contribution in [0.3, 0.4) is 0 Å². The van der Waals surface area contributed by atoms with E-state index in [0.717, 1.165) is 17.0 Å². The molecule has 5 nitrogen and oxygen atoms in total. The van der Waals surface area contributed by atoms with E-state index in [9.17, 15) is 9.90 Å².